The number of hydrazone groups is 1. The number of carbonyl (C=O) groups is 2. The Kier molecular flexibility index (Phi) is 3.58. The molecule has 2 fully saturated rings. The van der Waals surface area contributed by atoms with Gasteiger partial charge >= 0.3 is 0 Å². The van der Waals surface area contributed by atoms with Gasteiger partial charge in [-0.1, -0.05) is 12.2 Å². The maximum absolute atomic E-state index is 12.5. The molecule has 6 nitrogen and oxygen atoms in total. The second-order valence-electron chi connectivity index (χ2n) is 6.19. The van der Waals surface area contributed by atoms with E-state index in [0.29, 0.717) is 4.47 Å². The summed E-state index contributed by atoms with van der Waals surface area (Å²) in [5, 5.41) is 24.7. The van der Waals surface area contributed by atoms with Crippen LogP contribution < -0.4 is 0 Å². The van der Waals surface area contributed by atoms with Crippen LogP contribution in [-0.4, -0.2) is 33.3 Å². The van der Waals surface area contributed by atoms with Crippen LogP contribution in [0.5, 0.6) is 11.5 Å². The van der Waals surface area contributed by atoms with Crippen LogP contribution in [0.2, 0.25) is 0 Å². The van der Waals surface area contributed by atoms with E-state index in [1.165, 1.54) is 12.3 Å². The highest BCUT2D eigenvalue weighted by Crippen LogP contribution is 2.52. The van der Waals surface area contributed by atoms with Gasteiger partial charge in [0.2, 0.25) is 0 Å². The van der Waals surface area contributed by atoms with Crippen molar-refractivity contribution in [1.29, 1.82) is 0 Å². The molecule has 4 atom stereocenters. The van der Waals surface area contributed by atoms with Crippen molar-refractivity contribution in [3.8, 4) is 11.5 Å². The normalized spacial score (nSPS) is 30.8. The second kappa shape index (κ2) is 5.42. The number of imide groups is 1. The molecule has 1 aromatic rings. The SMILES string of the molecule is O=C1[C@@H]2[C@@H](C(=O)N1/N=C\c1cc(Br)c(O)c(Br)c1O)[C@H]1C=C[C@H]2C1. The maximum atomic E-state index is 12.5. The summed E-state index contributed by atoms with van der Waals surface area (Å²) in [7, 11) is 0. The molecule has 2 aliphatic carbocycles. The molecule has 0 radical (unpaired) electrons. The predicted molar refractivity (Wildman–Crippen MR) is 92.3 cm³/mol. The summed E-state index contributed by atoms with van der Waals surface area (Å²) < 4.78 is 0.461. The molecule has 24 heavy (non-hydrogen) atoms. The maximum Gasteiger partial charge on any atom is 0.254 e. The van der Waals surface area contributed by atoms with Crippen molar-refractivity contribution in [2.75, 3.05) is 0 Å². The van der Waals surface area contributed by atoms with Crippen molar-refractivity contribution in [2.24, 2.45) is 28.8 Å². The van der Waals surface area contributed by atoms with Crippen LogP contribution in [0.3, 0.4) is 0 Å². The number of carbonyl (C=O) groups excluding carboxylic acids is 2. The summed E-state index contributed by atoms with van der Waals surface area (Å²) in [6.45, 7) is 0. The third kappa shape index (κ3) is 2.09. The molecule has 1 heterocycles. The zero-order valence-corrected chi connectivity index (χ0v) is 15.4. The van der Waals surface area contributed by atoms with E-state index in [4.69, 9.17) is 0 Å². The smallest absolute Gasteiger partial charge is 0.254 e. The van der Waals surface area contributed by atoms with Gasteiger partial charge in [-0.3, -0.25) is 9.59 Å². The van der Waals surface area contributed by atoms with Gasteiger partial charge < -0.3 is 10.2 Å². The van der Waals surface area contributed by atoms with Crippen molar-refractivity contribution in [3.05, 3.63) is 32.7 Å². The first-order chi connectivity index (χ1) is 11.4. The molecular formula is C16H12Br2N2O4. The molecule has 1 aliphatic heterocycles. The Morgan fingerprint density at radius 3 is 2.25 bits per heavy atom. The molecule has 3 aliphatic rings. The van der Waals surface area contributed by atoms with Gasteiger partial charge in [0.15, 0.2) is 0 Å². The first-order valence-electron chi connectivity index (χ1n) is 7.40. The number of amides is 2. The summed E-state index contributed by atoms with van der Waals surface area (Å²) in [6.07, 6.45) is 6.15. The minimum absolute atomic E-state index is 0.108. The lowest BCUT2D eigenvalue weighted by molar-refractivity contribution is -0.140. The van der Waals surface area contributed by atoms with E-state index in [0.717, 1.165) is 11.4 Å². The standard InChI is InChI=1S/C16H12Br2N2O4/c17-9-4-8(13(21)12(18)14(9)22)5-19-20-15(23)10-6-1-2-7(3-6)11(10)16(20)24/h1-2,4-7,10-11,21-22H,3H2/b19-5-/t6-,7-,10-,11-/m0/s1. The Bertz CT molecular complexity index is 806. The molecule has 4 rings (SSSR count). The van der Waals surface area contributed by atoms with E-state index < -0.39 is 0 Å². The Balaban J connectivity index is 1.64. The number of phenols is 2. The lowest BCUT2D eigenvalue weighted by Gasteiger charge is -2.13. The molecule has 2 amide bonds. The van der Waals surface area contributed by atoms with Gasteiger partial charge in [-0.15, -0.1) is 0 Å². The number of hydrogen-bond donors (Lipinski definition) is 2. The van der Waals surface area contributed by atoms with Crippen molar-refractivity contribution >= 4 is 49.9 Å². The van der Waals surface area contributed by atoms with Gasteiger partial charge in [0.05, 0.1) is 22.5 Å². The fourth-order valence-corrected chi connectivity index (χ4v) is 4.99. The van der Waals surface area contributed by atoms with Crippen LogP contribution in [0, 0.1) is 23.7 Å². The van der Waals surface area contributed by atoms with Crippen LogP contribution in [0.4, 0.5) is 0 Å². The van der Waals surface area contributed by atoms with Crippen molar-refractivity contribution in [1.82, 2.24) is 5.01 Å². The number of allylic oxidation sites excluding steroid dienone is 2. The number of benzene rings is 1. The van der Waals surface area contributed by atoms with E-state index in [1.54, 1.807) is 0 Å². The van der Waals surface area contributed by atoms with Gasteiger partial charge in [0.25, 0.3) is 11.8 Å². The summed E-state index contributed by atoms with van der Waals surface area (Å²) in [4.78, 5) is 25.0. The minimum atomic E-state index is -0.309. The highest BCUT2D eigenvalue weighted by molar-refractivity contribution is 9.11. The van der Waals surface area contributed by atoms with E-state index in [1.807, 2.05) is 12.2 Å². The molecule has 1 saturated carbocycles. The fourth-order valence-electron chi connectivity index (χ4n) is 3.84. The van der Waals surface area contributed by atoms with Crippen molar-refractivity contribution in [3.63, 3.8) is 0 Å². The zero-order valence-electron chi connectivity index (χ0n) is 12.2. The fraction of sp³-hybridized carbons (Fsp3) is 0.312. The molecular weight excluding hydrogens is 444 g/mol. The third-order valence-corrected chi connectivity index (χ3v) is 6.31. The summed E-state index contributed by atoms with van der Waals surface area (Å²) in [5.74, 6) is -1.29. The first kappa shape index (κ1) is 15.8. The third-order valence-electron chi connectivity index (χ3n) is 4.96. The van der Waals surface area contributed by atoms with E-state index in [2.05, 4.69) is 37.0 Å². The lowest BCUT2D eigenvalue weighted by Crippen LogP contribution is -2.28. The van der Waals surface area contributed by atoms with Gasteiger partial charge in [-0.05, 0) is 56.2 Å². The Labute approximate surface area is 154 Å². The Morgan fingerprint density at radius 2 is 1.67 bits per heavy atom. The molecule has 124 valence electrons. The van der Waals surface area contributed by atoms with Crippen molar-refractivity contribution in [2.45, 2.75) is 6.42 Å². The highest BCUT2D eigenvalue weighted by atomic mass is 79.9. The predicted octanol–water partition coefficient (Wildman–Crippen LogP) is 2.76. The number of rotatable bonds is 2. The molecule has 0 aromatic heterocycles. The summed E-state index contributed by atoms with van der Waals surface area (Å²) in [5.41, 5.74) is 0.269. The second-order valence-corrected chi connectivity index (χ2v) is 7.84. The first-order valence-corrected chi connectivity index (χ1v) is 8.98. The van der Waals surface area contributed by atoms with Crippen LogP contribution >= 0.6 is 31.9 Å². The van der Waals surface area contributed by atoms with Crippen LogP contribution in [-0.2, 0) is 9.59 Å². The number of phenolic OH excluding ortho intramolecular Hbond substituents is 2. The molecule has 1 saturated heterocycles. The molecule has 2 bridgehead atoms. The van der Waals surface area contributed by atoms with Crippen LogP contribution in [0.15, 0.2) is 32.3 Å². The average molecular weight is 456 g/mol. The number of fused-ring (bicyclic) bond motifs is 5. The average Bonchev–Trinajstić information content (AvgIpc) is 3.23. The summed E-state index contributed by atoms with van der Waals surface area (Å²) >= 11 is 6.24. The Morgan fingerprint density at radius 1 is 1.08 bits per heavy atom. The molecule has 1 aromatic carbocycles. The number of hydrogen-bond acceptors (Lipinski definition) is 5. The van der Waals surface area contributed by atoms with Crippen LogP contribution in [0.25, 0.3) is 0 Å². The van der Waals surface area contributed by atoms with Crippen molar-refractivity contribution < 1.29 is 19.8 Å². The molecule has 8 heteroatoms. The number of aromatic hydroxyl groups is 2. The molecule has 2 N–H and O–H groups in total. The summed E-state index contributed by atoms with van der Waals surface area (Å²) in [6, 6.07) is 1.45. The molecule has 0 unspecified atom stereocenters. The van der Waals surface area contributed by atoms with Gasteiger partial charge in [-0.25, -0.2) is 0 Å². The van der Waals surface area contributed by atoms with Gasteiger partial charge in [0.1, 0.15) is 16.0 Å². The van der Waals surface area contributed by atoms with Gasteiger partial charge in [-0.2, -0.15) is 10.1 Å². The highest BCUT2D eigenvalue weighted by Gasteiger charge is 2.59. The number of nitrogens with zero attached hydrogens (tertiary/aromatic N) is 2. The monoisotopic (exact) mass is 454 g/mol. The van der Waals surface area contributed by atoms with Gasteiger partial charge in [0, 0.05) is 5.56 Å². The number of halogens is 2. The zero-order chi connectivity index (χ0) is 17.2. The molecule has 0 spiro atoms. The van der Waals surface area contributed by atoms with Crippen LogP contribution in [0.1, 0.15) is 12.0 Å². The van der Waals surface area contributed by atoms with E-state index in [9.17, 15) is 19.8 Å². The quantitative estimate of drug-likeness (QED) is 0.407. The Hall–Kier alpha value is -1.67. The minimum Gasteiger partial charge on any atom is -0.506 e. The topological polar surface area (TPSA) is 90.2 Å². The largest absolute Gasteiger partial charge is 0.506 e. The van der Waals surface area contributed by atoms with E-state index >= 15 is 0 Å². The lowest BCUT2D eigenvalue weighted by atomic mass is 9.85. The van der Waals surface area contributed by atoms with E-state index in [-0.39, 0.29) is 57.0 Å².